The van der Waals surface area contributed by atoms with Crippen molar-refractivity contribution in [2.24, 2.45) is 12.2 Å². The number of anilines is 1. The first-order valence-corrected chi connectivity index (χ1v) is 7.25. The van der Waals surface area contributed by atoms with E-state index in [0.717, 1.165) is 4.31 Å². The molecule has 0 unspecified atom stereocenters. The Hall–Kier alpha value is -2.35. The fraction of sp³-hybridized carbons (Fsp3) is 0.167. The van der Waals surface area contributed by atoms with Gasteiger partial charge in [-0.3, -0.25) is 8.99 Å². The van der Waals surface area contributed by atoms with E-state index in [1.54, 1.807) is 31.3 Å². The molecule has 0 radical (unpaired) electrons. The highest BCUT2D eigenvalue weighted by atomic mass is 32.2. The lowest BCUT2D eigenvalue weighted by Gasteiger charge is -2.18. The summed E-state index contributed by atoms with van der Waals surface area (Å²) >= 11 is 0. The van der Waals surface area contributed by atoms with Crippen LogP contribution in [0.4, 0.5) is 5.69 Å². The maximum Gasteiger partial charge on any atom is 0.284 e. The van der Waals surface area contributed by atoms with Gasteiger partial charge in [0.25, 0.3) is 10.0 Å². The van der Waals surface area contributed by atoms with Gasteiger partial charge in [0.15, 0.2) is 0 Å². The van der Waals surface area contributed by atoms with Gasteiger partial charge in [0.05, 0.1) is 11.3 Å². The molecule has 0 spiro atoms. The van der Waals surface area contributed by atoms with Crippen molar-refractivity contribution in [3.05, 3.63) is 41.6 Å². The Balaban J connectivity index is 2.47. The number of oxime groups is 1. The van der Waals surface area contributed by atoms with E-state index in [9.17, 15) is 13.6 Å². The highest BCUT2D eigenvalue weighted by Gasteiger charge is 2.35. The highest BCUT2D eigenvalue weighted by Crippen LogP contribution is 2.33. The standard InChI is InChI=1S/C12H12N4O3S/c1-15-7-9-11(14-17)8-5-3-4-6-10(8)16(2)20(18,19)12(9)13-15/h3-7,17H,1-2H3. The molecule has 2 heterocycles. The number of para-hydroxylation sites is 1. The van der Waals surface area contributed by atoms with E-state index in [4.69, 9.17) is 0 Å². The van der Waals surface area contributed by atoms with Crippen LogP contribution in [0.2, 0.25) is 0 Å². The number of hydrogen-bond acceptors (Lipinski definition) is 5. The minimum atomic E-state index is -3.78. The molecule has 0 saturated heterocycles. The molecule has 20 heavy (non-hydrogen) atoms. The van der Waals surface area contributed by atoms with Crippen molar-refractivity contribution in [2.45, 2.75) is 5.03 Å². The average Bonchev–Trinajstić information content (AvgIpc) is 2.79. The minimum Gasteiger partial charge on any atom is -0.410 e. The maximum atomic E-state index is 12.6. The summed E-state index contributed by atoms with van der Waals surface area (Å²) in [5, 5.41) is 16.5. The van der Waals surface area contributed by atoms with Crippen LogP contribution in [0.1, 0.15) is 11.1 Å². The molecule has 8 heteroatoms. The smallest absolute Gasteiger partial charge is 0.284 e. The summed E-state index contributed by atoms with van der Waals surface area (Å²) in [4.78, 5) is 0. The van der Waals surface area contributed by atoms with E-state index < -0.39 is 10.0 Å². The molecule has 1 aromatic heterocycles. The SMILES string of the molecule is CN1c2ccccc2C(=NO)c2cn(C)nc2S1(=O)=O. The number of benzene rings is 1. The van der Waals surface area contributed by atoms with Crippen molar-refractivity contribution >= 4 is 21.4 Å². The van der Waals surface area contributed by atoms with Gasteiger partial charge in [0.2, 0.25) is 5.03 Å². The van der Waals surface area contributed by atoms with Crippen LogP contribution in [-0.4, -0.2) is 36.2 Å². The van der Waals surface area contributed by atoms with Crippen LogP contribution in [0.25, 0.3) is 0 Å². The lowest BCUT2D eigenvalue weighted by atomic mass is 10.0. The van der Waals surface area contributed by atoms with Gasteiger partial charge in [-0.05, 0) is 6.07 Å². The third-order valence-electron chi connectivity index (χ3n) is 3.25. The third kappa shape index (κ3) is 1.54. The molecule has 1 aliphatic rings. The van der Waals surface area contributed by atoms with Crippen LogP contribution in [0.3, 0.4) is 0 Å². The van der Waals surface area contributed by atoms with Crippen molar-refractivity contribution < 1.29 is 13.6 Å². The summed E-state index contributed by atoms with van der Waals surface area (Å²) in [5.74, 6) is 0. The predicted molar refractivity (Wildman–Crippen MR) is 72.7 cm³/mol. The van der Waals surface area contributed by atoms with E-state index in [1.165, 1.54) is 17.9 Å². The Kier molecular flexibility index (Phi) is 2.58. The van der Waals surface area contributed by atoms with Crippen LogP contribution >= 0.6 is 0 Å². The van der Waals surface area contributed by atoms with Gasteiger partial charge in [0, 0.05) is 25.9 Å². The Morgan fingerprint density at radius 3 is 2.60 bits per heavy atom. The molecule has 0 atom stereocenters. The number of rotatable bonds is 0. The summed E-state index contributed by atoms with van der Waals surface area (Å²) in [6.07, 6.45) is 1.53. The lowest BCUT2D eigenvalue weighted by molar-refractivity contribution is 0.319. The molecule has 0 amide bonds. The summed E-state index contributed by atoms with van der Waals surface area (Å²) in [6, 6.07) is 6.84. The second-order valence-corrected chi connectivity index (χ2v) is 6.34. The van der Waals surface area contributed by atoms with E-state index in [-0.39, 0.29) is 16.3 Å². The summed E-state index contributed by atoms with van der Waals surface area (Å²) < 4.78 is 27.7. The minimum absolute atomic E-state index is 0.119. The Morgan fingerprint density at radius 2 is 1.90 bits per heavy atom. The van der Waals surface area contributed by atoms with E-state index in [0.29, 0.717) is 11.3 Å². The first kappa shape index (κ1) is 12.7. The molecule has 7 nitrogen and oxygen atoms in total. The van der Waals surface area contributed by atoms with E-state index in [1.807, 2.05) is 0 Å². The number of hydrogen-bond donors (Lipinski definition) is 1. The summed E-state index contributed by atoms with van der Waals surface area (Å²) in [7, 11) is -0.716. The van der Waals surface area contributed by atoms with Crippen molar-refractivity contribution in [3.63, 3.8) is 0 Å². The van der Waals surface area contributed by atoms with Gasteiger partial charge >= 0.3 is 0 Å². The molecule has 3 rings (SSSR count). The molecule has 0 saturated carbocycles. The van der Waals surface area contributed by atoms with Crippen molar-refractivity contribution in [1.29, 1.82) is 0 Å². The number of nitrogens with zero attached hydrogens (tertiary/aromatic N) is 4. The van der Waals surface area contributed by atoms with Crippen LogP contribution in [0.5, 0.6) is 0 Å². The molecule has 0 bridgehead atoms. The second-order valence-electron chi connectivity index (χ2n) is 4.46. The lowest BCUT2D eigenvalue weighted by Crippen LogP contribution is -2.27. The predicted octanol–water partition coefficient (Wildman–Crippen LogP) is 0.785. The van der Waals surface area contributed by atoms with Gasteiger partial charge in [-0.15, -0.1) is 0 Å². The highest BCUT2D eigenvalue weighted by molar-refractivity contribution is 7.92. The monoisotopic (exact) mass is 292 g/mol. The fourth-order valence-electron chi connectivity index (χ4n) is 2.28. The normalized spacial score (nSPS) is 18.5. The first-order valence-electron chi connectivity index (χ1n) is 5.81. The number of aryl methyl sites for hydroxylation is 1. The van der Waals surface area contributed by atoms with Gasteiger partial charge in [0.1, 0.15) is 5.71 Å². The average molecular weight is 292 g/mol. The van der Waals surface area contributed by atoms with Crippen molar-refractivity contribution in [3.8, 4) is 0 Å². The summed E-state index contributed by atoms with van der Waals surface area (Å²) in [6.45, 7) is 0. The largest absolute Gasteiger partial charge is 0.410 e. The van der Waals surface area contributed by atoms with Gasteiger partial charge in [-0.2, -0.15) is 13.5 Å². The molecular weight excluding hydrogens is 280 g/mol. The molecule has 104 valence electrons. The molecule has 1 aromatic carbocycles. The number of sulfonamides is 1. The Morgan fingerprint density at radius 1 is 1.20 bits per heavy atom. The first-order chi connectivity index (χ1) is 9.46. The van der Waals surface area contributed by atoms with Gasteiger partial charge < -0.3 is 5.21 Å². The number of aromatic nitrogens is 2. The quantitative estimate of drug-likeness (QED) is 0.574. The number of fused-ring (bicyclic) bond motifs is 2. The summed E-state index contributed by atoms with van der Waals surface area (Å²) in [5.41, 5.74) is 1.46. The van der Waals surface area contributed by atoms with Crippen molar-refractivity contribution in [1.82, 2.24) is 9.78 Å². The molecular formula is C12H12N4O3S. The van der Waals surface area contributed by atoms with Gasteiger partial charge in [-0.25, -0.2) is 0 Å². The van der Waals surface area contributed by atoms with E-state index in [2.05, 4.69) is 10.3 Å². The zero-order chi connectivity index (χ0) is 14.5. The molecule has 1 N–H and O–H groups in total. The molecule has 2 aromatic rings. The molecule has 0 fully saturated rings. The van der Waals surface area contributed by atoms with Crippen molar-refractivity contribution in [2.75, 3.05) is 11.4 Å². The van der Waals surface area contributed by atoms with Gasteiger partial charge in [-0.1, -0.05) is 23.4 Å². The van der Waals surface area contributed by atoms with E-state index >= 15 is 0 Å². The maximum absolute atomic E-state index is 12.6. The zero-order valence-electron chi connectivity index (χ0n) is 10.8. The Labute approximate surface area is 115 Å². The van der Waals surface area contributed by atoms with Crippen LogP contribution in [-0.2, 0) is 17.1 Å². The Bertz CT molecular complexity index is 823. The molecule has 1 aliphatic heterocycles. The zero-order valence-corrected chi connectivity index (χ0v) is 11.7. The fourth-order valence-corrected chi connectivity index (χ4v) is 3.62. The topological polar surface area (TPSA) is 87.8 Å². The molecule has 0 aliphatic carbocycles. The van der Waals surface area contributed by atoms with Crippen LogP contribution in [0, 0.1) is 0 Å². The van der Waals surface area contributed by atoms with Crippen LogP contribution in [0.15, 0.2) is 40.6 Å². The second kappa shape index (κ2) is 4.07. The van der Waals surface area contributed by atoms with Crippen LogP contribution < -0.4 is 4.31 Å². The third-order valence-corrected chi connectivity index (χ3v) is 4.96.